The van der Waals surface area contributed by atoms with Crippen LogP contribution in [-0.2, 0) is 16.0 Å². The number of aliphatic hydroxyl groups excluding tert-OH is 4. The van der Waals surface area contributed by atoms with Crippen molar-refractivity contribution >= 4 is 17.5 Å². The van der Waals surface area contributed by atoms with Gasteiger partial charge in [0.1, 0.15) is 42.3 Å². The second kappa shape index (κ2) is 14.2. The zero-order valence-electron chi connectivity index (χ0n) is 22.2. The normalized spacial score (nSPS) is 26.4. The summed E-state index contributed by atoms with van der Waals surface area (Å²) in [5.41, 5.74) is 2.36. The van der Waals surface area contributed by atoms with Gasteiger partial charge in [0.25, 0.3) is 0 Å². The lowest BCUT2D eigenvalue weighted by Gasteiger charge is -2.40. The number of carbonyl (C=O) groups excluding carboxylic acids is 1. The molecule has 10 nitrogen and oxygen atoms in total. The number of hydrogen-bond donors (Lipinski definition) is 5. The van der Waals surface area contributed by atoms with E-state index in [1.54, 1.807) is 23.1 Å². The molecule has 216 valence electrons. The molecule has 2 aliphatic rings. The molecule has 0 saturated carbocycles. The van der Waals surface area contributed by atoms with Crippen molar-refractivity contribution < 1.29 is 34.7 Å². The minimum absolute atomic E-state index is 0.0422. The lowest BCUT2D eigenvalue weighted by Crippen LogP contribution is -2.55. The molecule has 2 heterocycles. The summed E-state index contributed by atoms with van der Waals surface area (Å²) in [5, 5.41) is 52.9. The Labute approximate surface area is 238 Å². The number of ether oxygens (including phenoxy) is 2. The van der Waals surface area contributed by atoms with E-state index in [0.29, 0.717) is 36.7 Å². The Hall–Kier alpha value is -2.75. The SMILES string of the molecule is N#C[C@@H]1CCCN1C(=O)CNCCCOc1ccc(Cc2cc([C@@H]3O[C@H](CO)[C@@H](O)[C@H](O)[C@H]3O)ccc2Cl)cc1. The second-order valence-electron chi connectivity index (χ2n) is 10.2. The van der Waals surface area contributed by atoms with Gasteiger partial charge in [-0.25, -0.2) is 0 Å². The van der Waals surface area contributed by atoms with Crippen LogP contribution >= 0.6 is 11.6 Å². The highest BCUT2D eigenvalue weighted by Crippen LogP contribution is 2.34. The molecule has 0 spiro atoms. The van der Waals surface area contributed by atoms with Crippen LogP contribution in [0.25, 0.3) is 0 Å². The van der Waals surface area contributed by atoms with Crippen molar-refractivity contribution in [3.05, 3.63) is 64.2 Å². The van der Waals surface area contributed by atoms with Gasteiger partial charge in [-0.3, -0.25) is 4.79 Å². The number of hydrogen-bond acceptors (Lipinski definition) is 9. The Morgan fingerprint density at radius 3 is 2.65 bits per heavy atom. The fourth-order valence-corrected chi connectivity index (χ4v) is 5.28. The molecule has 0 aromatic heterocycles. The Morgan fingerprint density at radius 1 is 1.15 bits per heavy atom. The lowest BCUT2D eigenvalue weighted by molar-refractivity contribution is -0.231. The number of nitrogens with one attached hydrogen (secondary N) is 1. The van der Waals surface area contributed by atoms with E-state index in [1.165, 1.54) is 0 Å². The van der Waals surface area contributed by atoms with Gasteiger partial charge in [0.2, 0.25) is 5.91 Å². The van der Waals surface area contributed by atoms with Crippen molar-refractivity contribution in [3.8, 4) is 11.8 Å². The molecule has 2 fully saturated rings. The lowest BCUT2D eigenvalue weighted by atomic mass is 9.90. The van der Waals surface area contributed by atoms with Gasteiger partial charge in [-0.15, -0.1) is 0 Å². The van der Waals surface area contributed by atoms with E-state index in [1.807, 2.05) is 24.3 Å². The third kappa shape index (κ3) is 7.30. The van der Waals surface area contributed by atoms with Gasteiger partial charge in [-0.2, -0.15) is 5.26 Å². The average molecular weight is 574 g/mol. The molecule has 2 aromatic carbocycles. The van der Waals surface area contributed by atoms with Crippen molar-refractivity contribution in [2.75, 3.05) is 32.8 Å². The fourth-order valence-electron chi connectivity index (χ4n) is 5.09. The van der Waals surface area contributed by atoms with E-state index in [9.17, 15) is 25.2 Å². The molecular weight excluding hydrogens is 538 g/mol. The molecule has 11 heteroatoms. The van der Waals surface area contributed by atoms with E-state index in [0.717, 1.165) is 36.1 Å². The van der Waals surface area contributed by atoms with Gasteiger partial charge in [-0.05, 0) is 67.1 Å². The maximum atomic E-state index is 12.2. The molecule has 1 amide bonds. The van der Waals surface area contributed by atoms with E-state index in [4.69, 9.17) is 26.3 Å². The third-order valence-corrected chi connectivity index (χ3v) is 7.74. The first-order valence-electron chi connectivity index (χ1n) is 13.5. The standard InChI is InChI=1S/C29H36ClN3O7/c30-23-9-6-19(29-28(38)27(37)26(36)24(17-34)40-29)14-20(23)13-18-4-7-22(8-5-18)39-12-2-10-32-16-25(35)33-11-1-3-21(33)15-31/h4-9,14,21,24,26-29,32,34,36-38H,1-3,10-13,16-17H2/t21-,24+,26+,27-,28+,29-/m0/s1. The van der Waals surface area contributed by atoms with Gasteiger partial charge in [0.05, 0.1) is 25.8 Å². The molecule has 40 heavy (non-hydrogen) atoms. The summed E-state index contributed by atoms with van der Waals surface area (Å²) in [4.78, 5) is 13.9. The summed E-state index contributed by atoms with van der Waals surface area (Å²) in [5.74, 6) is 0.675. The molecule has 0 aliphatic carbocycles. The summed E-state index contributed by atoms with van der Waals surface area (Å²) in [6.07, 6.45) is -3.29. The first-order valence-corrected chi connectivity index (χ1v) is 13.9. The molecular formula is C29H36ClN3O7. The molecule has 0 bridgehead atoms. The van der Waals surface area contributed by atoms with Crippen LogP contribution in [0, 0.1) is 11.3 Å². The first-order chi connectivity index (χ1) is 19.3. The summed E-state index contributed by atoms with van der Waals surface area (Å²) < 4.78 is 11.5. The Kier molecular flexibility index (Phi) is 10.8. The quantitative estimate of drug-likeness (QED) is 0.250. The molecule has 5 N–H and O–H groups in total. The van der Waals surface area contributed by atoms with Crippen LogP contribution in [-0.4, -0.2) is 94.5 Å². The minimum Gasteiger partial charge on any atom is -0.494 e. The highest BCUT2D eigenvalue weighted by Gasteiger charge is 2.44. The number of likely N-dealkylation sites (tertiary alicyclic amines) is 1. The van der Waals surface area contributed by atoms with Crippen LogP contribution < -0.4 is 10.1 Å². The average Bonchev–Trinajstić information content (AvgIpc) is 3.45. The highest BCUT2D eigenvalue weighted by atomic mass is 35.5. The number of amides is 1. The van der Waals surface area contributed by atoms with E-state index < -0.39 is 37.1 Å². The highest BCUT2D eigenvalue weighted by molar-refractivity contribution is 6.31. The Balaban J connectivity index is 1.24. The van der Waals surface area contributed by atoms with Crippen molar-refractivity contribution in [1.82, 2.24) is 10.2 Å². The second-order valence-corrected chi connectivity index (χ2v) is 10.6. The summed E-state index contributed by atoms with van der Waals surface area (Å²) in [6.45, 7) is 1.48. The maximum Gasteiger partial charge on any atom is 0.237 e. The van der Waals surface area contributed by atoms with Gasteiger partial charge < -0.3 is 40.1 Å². The Bertz CT molecular complexity index is 1170. The molecule has 2 aliphatic heterocycles. The van der Waals surface area contributed by atoms with Crippen LogP contribution in [0.2, 0.25) is 5.02 Å². The van der Waals surface area contributed by atoms with Crippen LogP contribution in [0.3, 0.4) is 0 Å². The summed E-state index contributed by atoms with van der Waals surface area (Å²) >= 11 is 6.44. The van der Waals surface area contributed by atoms with Crippen molar-refractivity contribution in [2.45, 2.75) is 62.2 Å². The fraction of sp³-hybridized carbons (Fsp3) is 0.517. The van der Waals surface area contributed by atoms with Gasteiger partial charge in [0.15, 0.2) is 0 Å². The molecule has 2 aromatic rings. The zero-order chi connectivity index (χ0) is 28.6. The number of benzene rings is 2. The number of carbonyl (C=O) groups is 1. The molecule has 0 radical (unpaired) electrons. The smallest absolute Gasteiger partial charge is 0.237 e. The van der Waals surface area contributed by atoms with Crippen LogP contribution in [0.4, 0.5) is 0 Å². The first kappa shape index (κ1) is 30.2. The van der Waals surface area contributed by atoms with E-state index >= 15 is 0 Å². The van der Waals surface area contributed by atoms with Gasteiger partial charge in [0, 0.05) is 11.6 Å². The predicted octanol–water partition coefficient (Wildman–Crippen LogP) is 1.32. The van der Waals surface area contributed by atoms with Crippen LogP contribution in [0.15, 0.2) is 42.5 Å². The van der Waals surface area contributed by atoms with Gasteiger partial charge >= 0.3 is 0 Å². The molecule has 2 saturated heterocycles. The number of nitrogens with zero attached hydrogens (tertiary/aromatic N) is 2. The van der Waals surface area contributed by atoms with Crippen LogP contribution in [0.1, 0.15) is 42.1 Å². The summed E-state index contributed by atoms with van der Waals surface area (Å²) in [7, 11) is 0. The Morgan fingerprint density at radius 2 is 1.93 bits per heavy atom. The third-order valence-electron chi connectivity index (χ3n) is 7.37. The van der Waals surface area contributed by atoms with Crippen molar-refractivity contribution in [1.29, 1.82) is 5.26 Å². The molecule has 4 rings (SSSR count). The van der Waals surface area contributed by atoms with Crippen molar-refractivity contribution in [3.63, 3.8) is 0 Å². The number of rotatable bonds is 11. The van der Waals surface area contributed by atoms with E-state index in [2.05, 4.69) is 11.4 Å². The largest absolute Gasteiger partial charge is 0.494 e. The summed E-state index contributed by atoms with van der Waals surface area (Å²) in [6, 6.07) is 14.7. The number of aliphatic hydroxyl groups is 4. The van der Waals surface area contributed by atoms with Crippen molar-refractivity contribution in [2.24, 2.45) is 0 Å². The zero-order valence-corrected chi connectivity index (χ0v) is 22.9. The minimum atomic E-state index is -1.45. The molecule has 6 atom stereocenters. The number of halogens is 1. The molecule has 0 unspecified atom stereocenters. The monoisotopic (exact) mass is 573 g/mol. The predicted molar refractivity (Wildman–Crippen MR) is 147 cm³/mol. The maximum absolute atomic E-state index is 12.2. The van der Waals surface area contributed by atoms with Crippen LogP contribution in [0.5, 0.6) is 5.75 Å². The van der Waals surface area contributed by atoms with Gasteiger partial charge in [-0.1, -0.05) is 35.9 Å². The van der Waals surface area contributed by atoms with E-state index in [-0.39, 0.29) is 18.5 Å². The topological polar surface area (TPSA) is 156 Å². The number of nitriles is 1.